The zero-order valence-electron chi connectivity index (χ0n) is 13.2. The summed E-state index contributed by atoms with van der Waals surface area (Å²) < 4.78 is 5.90. The molecule has 0 aliphatic carbocycles. The van der Waals surface area contributed by atoms with Crippen molar-refractivity contribution in [1.29, 1.82) is 0 Å². The molecule has 0 aliphatic rings. The molecule has 0 unspecified atom stereocenters. The summed E-state index contributed by atoms with van der Waals surface area (Å²) in [6.45, 7) is 1.93. The molecule has 0 saturated heterocycles. The van der Waals surface area contributed by atoms with Crippen LogP contribution in [0.3, 0.4) is 0 Å². The Morgan fingerprint density at radius 3 is 2.62 bits per heavy atom. The monoisotopic (exact) mass is 316 g/mol. The van der Waals surface area contributed by atoms with Gasteiger partial charge in [-0.2, -0.15) is 0 Å². The Bertz CT molecular complexity index is 1080. The quantitative estimate of drug-likeness (QED) is 0.525. The maximum absolute atomic E-state index is 12.7. The number of para-hydroxylation sites is 2. The predicted octanol–water partition coefficient (Wildman–Crippen LogP) is 4.73. The first kappa shape index (κ1) is 14.3. The third kappa shape index (κ3) is 2.29. The number of anilines is 2. The van der Waals surface area contributed by atoms with E-state index in [1.54, 1.807) is 12.1 Å². The molecule has 4 nitrogen and oxygen atoms in total. The number of fused-ring (bicyclic) bond motifs is 3. The number of carbonyl (C=O) groups excluding carboxylic acids is 1. The van der Waals surface area contributed by atoms with Crippen molar-refractivity contribution in [1.82, 2.24) is 0 Å². The molecular weight excluding hydrogens is 300 g/mol. The van der Waals surface area contributed by atoms with Crippen molar-refractivity contribution in [2.45, 2.75) is 6.92 Å². The lowest BCUT2D eigenvalue weighted by molar-refractivity contribution is 0.102. The van der Waals surface area contributed by atoms with Crippen LogP contribution in [0.15, 0.2) is 65.1 Å². The Labute approximate surface area is 138 Å². The molecule has 1 amide bonds. The molecule has 4 aromatic rings. The summed E-state index contributed by atoms with van der Waals surface area (Å²) in [6.07, 6.45) is 0. The van der Waals surface area contributed by atoms with Gasteiger partial charge in [0, 0.05) is 22.1 Å². The highest BCUT2D eigenvalue weighted by atomic mass is 16.3. The van der Waals surface area contributed by atoms with Crippen LogP contribution in [0.2, 0.25) is 0 Å². The molecule has 3 N–H and O–H groups in total. The minimum absolute atomic E-state index is 0.220. The maximum Gasteiger partial charge on any atom is 0.259 e. The van der Waals surface area contributed by atoms with Gasteiger partial charge in [0.2, 0.25) is 0 Å². The van der Waals surface area contributed by atoms with Crippen molar-refractivity contribution < 1.29 is 9.21 Å². The first-order valence-electron chi connectivity index (χ1n) is 7.71. The van der Waals surface area contributed by atoms with Crippen molar-refractivity contribution in [2.24, 2.45) is 0 Å². The zero-order valence-corrected chi connectivity index (χ0v) is 13.2. The molecule has 1 aromatic heterocycles. The van der Waals surface area contributed by atoms with Gasteiger partial charge in [0.1, 0.15) is 11.2 Å². The number of benzene rings is 3. The van der Waals surface area contributed by atoms with Gasteiger partial charge < -0.3 is 15.5 Å². The standard InChI is InChI=1S/C20H16N2O2/c1-12-9-10-13(11-17(12)21)22-20(23)16-7-4-6-15-14-5-2-3-8-18(14)24-19(15)16/h2-11H,21H2,1H3,(H,22,23). The number of aryl methyl sites for hydroxylation is 1. The van der Waals surface area contributed by atoms with Crippen LogP contribution in [0.1, 0.15) is 15.9 Å². The number of nitrogens with two attached hydrogens (primary N) is 1. The molecule has 4 rings (SSSR count). The number of nitrogen functional groups attached to an aromatic ring is 1. The summed E-state index contributed by atoms with van der Waals surface area (Å²) in [5.41, 5.74) is 10.1. The SMILES string of the molecule is Cc1ccc(NC(=O)c2cccc3c2oc2ccccc23)cc1N. The number of carbonyl (C=O) groups is 1. The number of rotatable bonds is 2. The van der Waals surface area contributed by atoms with E-state index >= 15 is 0 Å². The van der Waals surface area contributed by atoms with Gasteiger partial charge in [0.25, 0.3) is 5.91 Å². The third-order valence-electron chi connectivity index (χ3n) is 4.19. The van der Waals surface area contributed by atoms with Crippen LogP contribution in [0.5, 0.6) is 0 Å². The topological polar surface area (TPSA) is 68.3 Å². The van der Waals surface area contributed by atoms with E-state index in [0.29, 0.717) is 22.5 Å². The second-order valence-corrected chi connectivity index (χ2v) is 5.81. The van der Waals surface area contributed by atoms with Crippen LogP contribution in [-0.2, 0) is 0 Å². The minimum Gasteiger partial charge on any atom is -0.455 e. The van der Waals surface area contributed by atoms with E-state index in [2.05, 4.69) is 5.32 Å². The molecule has 0 aliphatic heterocycles. The van der Waals surface area contributed by atoms with Gasteiger partial charge in [-0.3, -0.25) is 4.79 Å². The van der Waals surface area contributed by atoms with E-state index in [9.17, 15) is 4.79 Å². The van der Waals surface area contributed by atoms with Gasteiger partial charge in [-0.25, -0.2) is 0 Å². The average molecular weight is 316 g/mol. The van der Waals surface area contributed by atoms with Gasteiger partial charge >= 0.3 is 0 Å². The van der Waals surface area contributed by atoms with Crippen molar-refractivity contribution in [3.63, 3.8) is 0 Å². The molecule has 1 heterocycles. The fourth-order valence-electron chi connectivity index (χ4n) is 2.84. The molecular formula is C20H16N2O2. The summed E-state index contributed by atoms with van der Waals surface area (Å²) in [5.74, 6) is -0.220. The smallest absolute Gasteiger partial charge is 0.259 e. The summed E-state index contributed by atoms with van der Waals surface area (Å²) in [7, 11) is 0. The second kappa shape index (κ2) is 5.42. The normalized spacial score (nSPS) is 11.0. The highest BCUT2D eigenvalue weighted by Gasteiger charge is 2.16. The zero-order chi connectivity index (χ0) is 16.7. The van der Waals surface area contributed by atoms with Gasteiger partial charge in [-0.05, 0) is 36.8 Å². The largest absolute Gasteiger partial charge is 0.455 e. The molecule has 4 heteroatoms. The molecule has 0 radical (unpaired) electrons. The number of amides is 1. The van der Waals surface area contributed by atoms with Gasteiger partial charge in [-0.1, -0.05) is 36.4 Å². The lowest BCUT2D eigenvalue weighted by atomic mass is 10.1. The molecule has 24 heavy (non-hydrogen) atoms. The summed E-state index contributed by atoms with van der Waals surface area (Å²) in [5, 5.41) is 4.82. The van der Waals surface area contributed by atoms with Crippen LogP contribution in [0, 0.1) is 6.92 Å². The number of hydrogen-bond donors (Lipinski definition) is 2. The van der Waals surface area contributed by atoms with Crippen molar-refractivity contribution >= 4 is 39.2 Å². The molecule has 0 fully saturated rings. The van der Waals surface area contributed by atoms with Gasteiger partial charge in [0.15, 0.2) is 0 Å². The van der Waals surface area contributed by atoms with Crippen molar-refractivity contribution in [3.05, 3.63) is 71.8 Å². The molecule has 0 atom stereocenters. The Hall–Kier alpha value is -3.27. The maximum atomic E-state index is 12.7. The highest BCUT2D eigenvalue weighted by molar-refractivity contribution is 6.16. The van der Waals surface area contributed by atoms with Crippen molar-refractivity contribution in [2.75, 3.05) is 11.1 Å². The molecule has 0 bridgehead atoms. The predicted molar refractivity (Wildman–Crippen MR) is 97.3 cm³/mol. The average Bonchev–Trinajstić information content (AvgIpc) is 2.97. The van der Waals surface area contributed by atoms with E-state index < -0.39 is 0 Å². The van der Waals surface area contributed by atoms with Crippen LogP contribution in [0.25, 0.3) is 21.9 Å². The summed E-state index contributed by atoms with van der Waals surface area (Å²) in [4.78, 5) is 12.7. The Kier molecular flexibility index (Phi) is 3.24. The van der Waals surface area contributed by atoms with E-state index in [4.69, 9.17) is 10.2 Å². The molecule has 0 saturated carbocycles. The second-order valence-electron chi connectivity index (χ2n) is 5.81. The summed E-state index contributed by atoms with van der Waals surface area (Å²) >= 11 is 0. The first-order valence-corrected chi connectivity index (χ1v) is 7.71. The van der Waals surface area contributed by atoms with Crippen molar-refractivity contribution in [3.8, 4) is 0 Å². The fourth-order valence-corrected chi connectivity index (χ4v) is 2.84. The minimum atomic E-state index is -0.220. The molecule has 0 spiro atoms. The molecule has 118 valence electrons. The van der Waals surface area contributed by atoms with Crippen LogP contribution >= 0.6 is 0 Å². The first-order chi connectivity index (χ1) is 11.6. The highest BCUT2D eigenvalue weighted by Crippen LogP contribution is 2.31. The fraction of sp³-hybridized carbons (Fsp3) is 0.0500. The van der Waals surface area contributed by atoms with Crippen LogP contribution < -0.4 is 11.1 Å². The number of nitrogens with one attached hydrogen (secondary N) is 1. The number of hydrogen-bond acceptors (Lipinski definition) is 3. The third-order valence-corrected chi connectivity index (χ3v) is 4.19. The van der Waals surface area contributed by atoms with Crippen LogP contribution in [0.4, 0.5) is 11.4 Å². The van der Waals surface area contributed by atoms with Gasteiger partial charge in [0.05, 0.1) is 5.56 Å². The van der Waals surface area contributed by atoms with E-state index in [1.807, 2.05) is 55.5 Å². The molecule has 3 aromatic carbocycles. The van der Waals surface area contributed by atoms with E-state index in [-0.39, 0.29) is 5.91 Å². The lowest BCUT2D eigenvalue weighted by Crippen LogP contribution is -2.12. The lowest BCUT2D eigenvalue weighted by Gasteiger charge is -2.08. The Morgan fingerprint density at radius 1 is 1.00 bits per heavy atom. The number of furan rings is 1. The Morgan fingerprint density at radius 2 is 1.79 bits per heavy atom. The van der Waals surface area contributed by atoms with E-state index in [1.165, 1.54) is 0 Å². The van der Waals surface area contributed by atoms with E-state index in [0.717, 1.165) is 21.9 Å². The van der Waals surface area contributed by atoms with Crippen LogP contribution in [-0.4, -0.2) is 5.91 Å². The summed E-state index contributed by atoms with van der Waals surface area (Å²) in [6, 6.07) is 18.8. The van der Waals surface area contributed by atoms with Gasteiger partial charge in [-0.15, -0.1) is 0 Å². The Balaban J connectivity index is 1.78.